The summed E-state index contributed by atoms with van der Waals surface area (Å²) in [6.07, 6.45) is -0.902. The second-order valence-corrected chi connectivity index (χ2v) is 7.78. The second-order valence-electron chi connectivity index (χ2n) is 7.78. The molecule has 4 rings (SSSR count). The van der Waals surface area contributed by atoms with Gasteiger partial charge in [-0.25, -0.2) is 9.59 Å². The van der Waals surface area contributed by atoms with Gasteiger partial charge in [0.15, 0.2) is 6.10 Å². The molecule has 0 fully saturated rings. The van der Waals surface area contributed by atoms with Gasteiger partial charge in [0.2, 0.25) is 0 Å². The SMILES string of the molecule is O=C(NCc1cc(C(=O)NCC(O)C(=O)O)ccn1)OCC1c2ccccc2-c2ccccc21. The third-order valence-electron chi connectivity index (χ3n) is 5.58. The molecular formula is C25H23N3O6. The van der Waals surface area contributed by atoms with E-state index < -0.39 is 30.6 Å². The van der Waals surface area contributed by atoms with Crippen molar-refractivity contribution in [1.29, 1.82) is 0 Å². The van der Waals surface area contributed by atoms with E-state index in [-0.39, 0.29) is 24.6 Å². The van der Waals surface area contributed by atoms with E-state index in [2.05, 4.69) is 27.8 Å². The number of benzene rings is 2. The van der Waals surface area contributed by atoms with Gasteiger partial charge in [-0.1, -0.05) is 48.5 Å². The monoisotopic (exact) mass is 461 g/mol. The summed E-state index contributed by atoms with van der Waals surface area (Å²) in [6, 6.07) is 19.0. The fourth-order valence-corrected chi connectivity index (χ4v) is 3.91. The van der Waals surface area contributed by atoms with Crippen LogP contribution in [0.25, 0.3) is 11.1 Å². The predicted octanol–water partition coefficient (Wildman–Crippen LogP) is 2.30. The van der Waals surface area contributed by atoms with Crippen LogP contribution in [-0.4, -0.2) is 52.4 Å². The van der Waals surface area contributed by atoms with Gasteiger partial charge in [0.25, 0.3) is 5.91 Å². The Morgan fingerprint density at radius 2 is 1.62 bits per heavy atom. The minimum Gasteiger partial charge on any atom is -0.479 e. The number of rotatable bonds is 8. The number of ether oxygens (including phenoxy) is 1. The van der Waals surface area contributed by atoms with Crippen molar-refractivity contribution in [2.45, 2.75) is 18.6 Å². The molecule has 3 aromatic rings. The first-order valence-electron chi connectivity index (χ1n) is 10.7. The molecule has 1 unspecified atom stereocenters. The predicted molar refractivity (Wildman–Crippen MR) is 122 cm³/mol. The maximum Gasteiger partial charge on any atom is 0.407 e. The summed E-state index contributed by atoms with van der Waals surface area (Å²) >= 11 is 0. The molecule has 1 atom stereocenters. The highest BCUT2D eigenvalue weighted by Gasteiger charge is 2.29. The average molecular weight is 461 g/mol. The van der Waals surface area contributed by atoms with Crippen LogP contribution in [0.1, 0.15) is 33.1 Å². The number of nitrogens with zero attached hydrogens (tertiary/aromatic N) is 1. The van der Waals surface area contributed by atoms with Gasteiger partial charge in [-0.05, 0) is 34.4 Å². The molecule has 0 saturated heterocycles. The van der Waals surface area contributed by atoms with Crippen LogP contribution in [0.2, 0.25) is 0 Å². The van der Waals surface area contributed by atoms with Gasteiger partial charge in [0.1, 0.15) is 6.61 Å². The number of hydrogen-bond donors (Lipinski definition) is 4. The van der Waals surface area contributed by atoms with E-state index in [0.29, 0.717) is 5.69 Å². The number of amides is 2. The number of carboxylic acids is 1. The Kier molecular flexibility index (Phi) is 6.84. The van der Waals surface area contributed by atoms with Gasteiger partial charge < -0.3 is 25.6 Å². The molecule has 9 heteroatoms. The maximum absolute atomic E-state index is 12.3. The summed E-state index contributed by atoms with van der Waals surface area (Å²) in [4.78, 5) is 39.3. The Morgan fingerprint density at radius 1 is 0.971 bits per heavy atom. The zero-order valence-electron chi connectivity index (χ0n) is 18.1. The minimum absolute atomic E-state index is 0.0372. The number of aromatic nitrogens is 1. The van der Waals surface area contributed by atoms with Gasteiger partial charge >= 0.3 is 12.1 Å². The Balaban J connectivity index is 1.32. The molecule has 34 heavy (non-hydrogen) atoms. The molecule has 0 saturated carbocycles. The third-order valence-corrected chi connectivity index (χ3v) is 5.58. The highest BCUT2D eigenvalue weighted by Crippen LogP contribution is 2.44. The third kappa shape index (κ3) is 5.05. The van der Waals surface area contributed by atoms with Crippen LogP contribution < -0.4 is 10.6 Å². The van der Waals surface area contributed by atoms with Crippen molar-refractivity contribution in [1.82, 2.24) is 15.6 Å². The fraction of sp³-hybridized carbons (Fsp3) is 0.200. The van der Waals surface area contributed by atoms with E-state index in [0.717, 1.165) is 22.3 Å². The smallest absolute Gasteiger partial charge is 0.407 e. The van der Waals surface area contributed by atoms with Crippen molar-refractivity contribution >= 4 is 18.0 Å². The molecule has 9 nitrogen and oxygen atoms in total. The van der Waals surface area contributed by atoms with Crippen molar-refractivity contribution in [3.05, 3.63) is 89.2 Å². The molecule has 0 aliphatic heterocycles. The molecular weight excluding hydrogens is 438 g/mol. The number of fused-ring (bicyclic) bond motifs is 3. The molecule has 0 bridgehead atoms. The molecule has 1 heterocycles. The van der Waals surface area contributed by atoms with Crippen LogP contribution in [0.4, 0.5) is 4.79 Å². The Bertz CT molecular complexity index is 1180. The first kappa shape index (κ1) is 22.9. The number of alkyl carbamates (subject to hydrolysis) is 1. The lowest BCUT2D eigenvalue weighted by Gasteiger charge is -2.14. The zero-order valence-corrected chi connectivity index (χ0v) is 18.1. The largest absolute Gasteiger partial charge is 0.479 e. The molecule has 1 aliphatic carbocycles. The number of nitrogens with one attached hydrogen (secondary N) is 2. The molecule has 2 amide bonds. The van der Waals surface area contributed by atoms with Crippen molar-refractivity contribution in [3.8, 4) is 11.1 Å². The molecule has 2 aromatic carbocycles. The number of carbonyl (C=O) groups excluding carboxylic acids is 2. The van der Waals surface area contributed by atoms with Crippen LogP contribution >= 0.6 is 0 Å². The van der Waals surface area contributed by atoms with Crippen molar-refractivity contribution in [2.75, 3.05) is 13.2 Å². The van der Waals surface area contributed by atoms with Gasteiger partial charge in [-0.2, -0.15) is 0 Å². The van der Waals surface area contributed by atoms with E-state index in [1.807, 2.05) is 36.4 Å². The first-order valence-corrected chi connectivity index (χ1v) is 10.7. The van der Waals surface area contributed by atoms with Crippen molar-refractivity contribution in [2.24, 2.45) is 0 Å². The number of carbonyl (C=O) groups is 3. The lowest BCUT2D eigenvalue weighted by molar-refractivity contribution is -0.146. The number of aliphatic hydroxyl groups excluding tert-OH is 1. The fourth-order valence-electron chi connectivity index (χ4n) is 3.91. The van der Waals surface area contributed by atoms with Crippen LogP contribution in [0.3, 0.4) is 0 Å². The van der Waals surface area contributed by atoms with Gasteiger partial charge in [0, 0.05) is 17.7 Å². The standard InChI is InChI=1S/C25H23N3O6/c29-22(24(31)32)13-27-23(30)15-9-10-26-16(11-15)12-28-25(33)34-14-21-19-7-3-1-5-17(19)18-6-2-4-8-20(18)21/h1-11,21-22,29H,12-14H2,(H,27,30)(H,28,33)(H,31,32). The number of hydrogen-bond acceptors (Lipinski definition) is 6. The van der Waals surface area contributed by atoms with Crippen LogP contribution in [0.15, 0.2) is 66.9 Å². The van der Waals surface area contributed by atoms with E-state index in [1.165, 1.54) is 18.3 Å². The maximum atomic E-state index is 12.3. The molecule has 4 N–H and O–H groups in total. The van der Waals surface area contributed by atoms with Gasteiger partial charge in [0.05, 0.1) is 18.8 Å². The zero-order chi connectivity index (χ0) is 24.1. The number of aliphatic hydroxyl groups is 1. The van der Waals surface area contributed by atoms with Crippen molar-refractivity contribution in [3.63, 3.8) is 0 Å². The van der Waals surface area contributed by atoms with E-state index in [4.69, 9.17) is 9.84 Å². The van der Waals surface area contributed by atoms with Gasteiger partial charge in [-0.3, -0.25) is 9.78 Å². The van der Waals surface area contributed by atoms with Crippen LogP contribution in [0.5, 0.6) is 0 Å². The highest BCUT2D eigenvalue weighted by molar-refractivity contribution is 5.94. The summed E-state index contributed by atoms with van der Waals surface area (Å²) in [5, 5.41) is 22.9. The summed E-state index contributed by atoms with van der Waals surface area (Å²) in [7, 11) is 0. The summed E-state index contributed by atoms with van der Waals surface area (Å²) in [5.41, 5.74) is 5.15. The highest BCUT2D eigenvalue weighted by atomic mass is 16.5. The Morgan fingerprint density at radius 3 is 2.26 bits per heavy atom. The van der Waals surface area contributed by atoms with Gasteiger partial charge in [-0.15, -0.1) is 0 Å². The quantitative estimate of drug-likeness (QED) is 0.404. The van der Waals surface area contributed by atoms with Crippen LogP contribution in [-0.2, 0) is 16.1 Å². The van der Waals surface area contributed by atoms with E-state index >= 15 is 0 Å². The molecule has 0 radical (unpaired) electrons. The minimum atomic E-state index is -1.69. The molecule has 0 spiro atoms. The summed E-state index contributed by atoms with van der Waals surface area (Å²) in [5.74, 6) is -2.04. The number of aliphatic carboxylic acids is 1. The van der Waals surface area contributed by atoms with Crippen LogP contribution in [0, 0.1) is 0 Å². The first-order chi connectivity index (χ1) is 16.4. The average Bonchev–Trinajstić information content (AvgIpc) is 3.18. The number of carboxylic acid groups (broad SMARTS) is 1. The normalized spacial score (nSPS) is 12.9. The Hall–Kier alpha value is -4.24. The number of pyridine rings is 1. The van der Waals surface area contributed by atoms with E-state index in [1.54, 1.807) is 0 Å². The summed E-state index contributed by atoms with van der Waals surface area (Å²) < 4.78 is 5.49. The topological polar surface area (TPSA) is 138 Å². The Labute approximate surface area is 195 Å². The van der Waals surface area contributed by atoms with E-state index in [9.17, 15) is 19.5 Å². The lowest BCUT2D eigenvalue weighted by Crippen LogP contribution is -2.36. The summed E-state index contributed by atoms with van der Waals surface area (Å²) in [6.45, 7) is -0.207. The van der Waals surface area contributed by atoms with Crippen molar-refractivity contribution < 1.29 is 29.3 Å². The lowest BCUT2D eigenvalue weighted by atomic mass is 9.98. The second kappa shape index (κ2) is 10.1. The molecule has 174 valence electrons. The molecule has 1 aromatic heterocycles. The molecule has 1 aliphatic rings.